The molecule has 20 rings (SSSR count). The zero-order valence-corrected chi connectivity index (χ0v) is 42.6. The van der Waals surface area contributed by atoms with Crippen molar-refractivity contribution in [2.24, 2.45) is 214 Å². The second kappa shape index (κ2) is 15.4. The van der Waals surface area contributed by atoms with Gasteiger partial charge in [0.2, 0.25) is 215 Å². The molecule has 424 valence electrons. The summed E-state index contributed by atoms with van der Waals surface area (Å²) in [7, 11) is 0. The van der Waals surface area contributed by atoms with Crippen LogP contribution in [-0.4, -0.2) is 254 Å². The van der Waals surface area contributed by atoms with E-state index in [0.29, 0.717) is 0 Å². The molecule has 0 aromatic heterocycles. The van der Waals surface area contributed by atoms with E-state index in [1.54, 1.807) is 0 Å². The fraction of sp³-hybridized carbons (Fsp3) is 0. The number of hydrogen-bond acceptors (Lipinski definition) is 53. The fourth-order valence-electron chi connectivity index (χ4n) is 9.52. The van der Waals surface area contributed by atoms with Crippen LogP contribution in [0.2, 0.25) is 0 Å². The summed E-state index contributed by atoms with van der Waals surface area (Å²) in [4.78, 5) is 177. The third-order valence-corrected chi connectivity index (χ3v) is 12.9. The molecule has 0 unspecified atom stereocenters. The highest BCUT2D eigenvalue weighted by atomic mass is 15.7. The van der Waals surface area contributed by atoms with Crippen LogP contribution in [0.4, 0.5) is 0 Å². The minimum atomic E-state index is -0.397. The lowest BCUT2D eigenvalue weighted by molar-refractivity contribution is 0.746. The van der Waals surface area contributed by atoms with Gasteiger partial charge in [-0.15, -0.1) is 0 Å². The van der Waals surface area contributed by atoms with Crippen LogP contribution in [0.25, 0.3) is 0 Å². The van der Waals surface area contributed by atoms with Crippen molar-refractivity contribution in [3.8, 4) is 0 Å². The molecule has 0 radical (unpaired) electrons. The van der Waals surface area contributed by atoms with Crippen LogP contribution in [0.15, 0.2) is 180 Å². The van der Waals surface area contributed by atoms with Crippen molar-refractivity contribution in [2.75, 3.05) is 0 Å². The van der Waals surface area contributed by atoms with E-state index in [0.717, 1.165) is 9.80 Å². The summed E-state index contributed by atoms with van der Waals surface area (Å²) in [5.41, 5.74) is 37.8. The molecular weight excluding hydrogens is 1170 g/mol. The van der Waals surface area contributed by atoms with Gasteiger partial charge in [0.05, 0.1) is 0 Å². The molecule has 0 aliphatic carbocycles. The number of nitrogens with two attached hydrogens (primary N) is 6. The Hall–Kier alpha value is -15.3. The third-order valence-electron chi connectivity index (χ3n) is 12.9. The first kappa shape index (κ1) is 45.3. The number of rotatable bonds is 0. The van der Waals surface area contributed by atoms with E-state index in [1.807, 2.05) is 0 Å². The van der Waals surface area contributed by atoms with Crippen LogP contribution in [-0.2, 0) is 0 Å². The summed E-state index contributed by atoms with van der Waals surface area (Å²) in [5.74, 6) is -7.76. The smallest absolute Gasteiger partial charge is 0.246 e. The SMILES string of the molecule is NC1=NC2=NC(N)=NC3=NC(N4C5=NC6=NC(N)=NC7=NC(=NC(=N5)N67)NC5=NC6=NC7=NC8=NC(=NC(=N5)N86)NC5=NC6=NC(N)=NC8=NC(=NC(=N5)N68)NC5=NC6=NC(=NC8=NC(N)=NC(=N5)N86)N7C5=NC6=NC4=NC4=NC(N)=NC(=N5)N46)=NC(=N1)N23. The lowest BCUT2D eigenvalue weighted by Crippen LogP contribution is -2.58. The first-order chi connectivity index (χ1) is 43.3. The molecule has 53 nitrogen and oxygen atoms in total. The Bertz CT molecular complexity index is 5100. The molecule has 0 fully saturated rings. The molecule has 15 N–H and O–H groups in total. The van der Waals surface area contributed by atoms with Crippen molar-refractivity contribution in [1.29, 1.82) is 0 Å². The summed E-state index contributed by atoms with van der Waals surface area (Å²) in [6.45, 7) is 0. The van der Waals surface area contributed by atoms with E-state index in [9.17, 15) is 0 Å². The Morgan fingerprint density at radius 1 is 0.135 bits per heavy atom. The quantitative estimate of drug-likeness (QED) is 0.109. The lowest BCUT2D eigenvalue weighted by atomic mass is 10.4. The molecule has 17 bridgehead atoms. The Labute approximate surface area is 482 Å². The number of aliphatic imine (C=N–C) groups is 36. The average molecular weight is 1190 g/mol. The molecule has 0 saturated heterocycles. The van der Waals surface area contributed by atoms with E-state index in [4.69, 9.17) is 124 Å². The monoisotopic (exact) mass is 1190 g/mol. The number of nitrogens with zero attached hydrogens (tertiary/aromatic N) is 44. The minimum Gasteiger partial charge on any atom is -0.368 e. The summed E-state index contributed by atoms with van der Waals surface area (Å²) in [5, 5.41) is 8.97. The maximum absolute atomic E-state index is 6.50. The number of fused-ring (bicyclic) bond motifs is 7. The van der Waals surface area contributed by atoms with Crippen molar-refractivity contribution < 1.29 is 0 Å². The molecule has 53 heteroatoms. The average Bonchev–Trinajstić information content (AvgIpc) is 0.937. The molecule has 20 aliphatic heterocycles. The molecule has 20 aliphatic rings. The van der Waals surface area contributed by atoms with Crippen molar-refractivity contribution in [2.45, 2.75) is 0 Å². The third kappa shape index (κ3) is 6.49. The lowest BCUT2D eigenvalue weighted by Gasteiger charge is -2.36. The van der Waals surface area contributed by atoms with Crippen molar-refractivity contribution in [3.63, 3.8) is 0 Å². The zero-order chi connectivity index (χ0) is 59.0. The highest BCUT2D eigenvalue weighted by Crippen LogP contribution is 2.29. The van der Waals surface area contributed by atoms with E-state index < -0.39 is 5.96 Å². The Kier molecular flexibility index (Phi) is 7.86. The van der Waals surface area contributed by atoms with Crippen molar-refractivity contribution in [1.82, 2.24) is 55.1 Å². The van der Waals surface area contributed by atoms with Crippen LogP contribution in [0, 0.1) is 0 Å². The molecule has 0 aromatic carbocycles. The van der Waals surface area contributed by atoms with Gasteiger partial charge in [0.25, 0.3) is 0 Å². The first-order valence-corrected chi connectivity index (χ1v) is 24.7. The van der Waals surface area contributed by atoms with Gasteiger partial charge in [-0.05, 0) is 0 Å². The van der Waals surface area contributed by atoms with E-state index in [1.165, 1.54) is 29.4 Å². The van der Waals surface area contributed by atoms with Gasteiger partial charge in [-0.25, -0.2) is 39.2 Å². The van der Waals surface area contributed by atoms with E-state index in [-0.39, 0.29) is 209 Å². The largest absolute Gasteiger partial charge is 0.368 e. The van der Waals surface area contributed by atoms with E-state index >= 15 is 0 Å². The number of guanidine groups is 36. The minimum absolute atomic E-state index is 0.0343. The van der Waals surface area contributed by atoms with Gasteiger partial charge in [0.1, 0.15) is 0 Å². The molecule has 89 heavy (non-hydrogen) atoms. The Morgan fingerprint density at radius 3 is 0.449 bits per heavy atom. The van der Waals surface area contributed by atoms with Gasteiger partial charge in [-0.1, -0.05) is 0 Å². The van der Waals surface area contributed by atoms with Gasteiger partial charge >= 0.3 is 0 Å². The molecule has 0 spiro atoms. The summed E-state index contributed by atoms with van der Waals surface area (Å²) < 4.78 is 0. The van der Waals surface area contributed by atoms with Gasteiger partial charge in [-0.2, -0.15) is 180 Å². The molecule has 0 saturated carbocycles. The molecule has 0 amide bonds. The second-order valence-corrected chi connectivity index (χ2v) is 18.4. The Morgan fingerprint density at radius 2 is 0.247 bits per heavy atom. The second-order valence-electron chi connectivity index (χ2n) is 18.4. The van der Waals surface area contributed by atoms with Crippen molar-refractivity contribution in [3.05, 3.63) is 0 Å². The molecule has 20 heterocycles. The maximum atomic E-state index is 6.50. The van der Waals surface area contributed by atoms with Gasteiger partial charge in [0.15, 0.2) is 0 Å². The van der Waals surface area contributed by atoms with Crippen LogP contribution in [0.5, 0.6) is 0 Å². The van der Waals surface area contributed by atoms with Crippen LogP contribution < -0.4 is 50.4 Å². The molecular formula is C36H15N53. The van der Waals surface area contributed by atoms with Gasteiger partial charge in [0, 0.05) is 0 Å². The standard InChI is InChI=1S/C36H15N53/c37-1-43-13-44-2(38)50-19-71-30(70-18(49-1)82(13)19)88-31-72-20-51-5(41)48-17-61-10(67-27(76-31)85(17)20)57-12-65-25-64-11-56-8-59-15-46-3(39)45-14-58-7(62-24(63-8)83(14)15)55-9-60-16-47-4(40)52-21-73-32(77-26(66-9)84(16)21)89(35-78-28(68-11)87(25)29(69-12)79-35)34-75-23-54-6(42)53-22-74-33(88)80-36(81-34)86(22)23/h(H2,42,53,54,74,75,80,81)(H4,37,38,43,44,49,50,70,71)(H9,39,40,41,45,46,47,48,51,52,55,56,57,58,59,60,61,62,63,64,65,66,67,68,69,72,73,76,77,78,79). The fourth-order valence-corrected chi connectivity index (χ4v) is 9.52. The van der Waals surface area contributed by atoms with Crippen molar-refractivity contribution >= 4 is 215 Å². The first-order valence-electron chi connectivity index (χ1n) is 24.7. The number of hydrogen-bond donors (Lipinski definition) is 9. The zero-order valence-electron chi connectivity index (χ0n) is 42.6. The highest BCUT2D eigenvalue weighted by Gasteiger charge is 2.48. The van der Waals surface area contributed by atoms with Crippen LogP contribution in [0.3, 0.4) is 0 Å². The van der Waals surface area contributed by atoms with Crippen LogP contribution in [0.1, 0.15) is 0 Å². The summed E-state index contributed by atoms with van der Waals surface area (Å²) >= 11 is 0. The summed E-state index contributed by atoms with van der Waals surface area (Å²) in [6.07, 6.45) is 0. The highest BCUT2D eigenvalue weighted by molar-refractivity contribution is 6.42. The normalized spacial score (nSPS) is 24.9. The molecule has 0 aromatic rings. The predicted molar refractivity (Wildman–Crippen MR) is 317 cm³/mol. The number of nitrogens with one attached hydrogen (secondary N) is 3. The Balaban J connectivity index is 0.852. The van der Waals surface area contributed by atoms with E-state index in [2.05, 4.69) is 106 Å². The molecule has 0 atom stereocenters. The maximum Gasteiger partial charge on any atom is 0.246 e. The van der Waals surface area contributed by atoms with Gasteiger partial charge < -0.3 is 34.4 Å². The topological polar surface area (TPSA) is 663 Å². The predicted octanol–water partition coefficient (Wildman–Crippen LogP) is -11.0. The van der Waals surface area contributed by atoms with Gasteiger partial charge in [-0.3, -0.25) is 16.0 Å². The summed E-state index contributed by atoms with van der Waals surface area (Å²) in [6, 6.07) is 0. The van der Waals surface area contributed by atoms with Crippen LogP contribution >= 0.6 is 0 Å².